The molecule has 0 aliphatic rings. The first-order chi connectivity index (χ1) is 8.60. The fraction of sp³-hybridized carbons (Fsp3) is 0.800. The molecule has 0 heterocycles. The zero-order valence-corrected chi connectivity index (χ0v) is 12.7. The van der Waals surface area contributed by atoms with Crippen LogP contribution in [-0.4, -0.2) is 37.1 Å². The molecule has 1 atom stereocenters. The van der Waals surface area contributed by atoms with Gasteiger partial charge in [0.05, 0.1) is 7.11 Å². The van der Waals surface area contributed by atoms with Crippen LogP contribution in [0.5, 0.6) is 0 Å². The number of methoxy groups -OCH3 is 1. The molecule has 0 saturated heterocycles. The number of rotatable bonds is 9. The smallest absolute Gasteiger partial charge is 0.333 e. The van der Waals surface area contributed by atoms with E-state index in [1.807, 2.05) is 13.0 Å². The van der Waals surface area contributed by atoms with E-state index in [1.54, 1.807) is 0 Å². The molecule has 0 aliphatic heterocycles. The second kappa shape index (κ2) is 10.1. The van der Waals surface area contributed by atoms with Gasteiger partial charge in [-0.05, 0) is 32.7 Å². The van der Waals surface area contributed by atoms with Crippen molar-refractivity contribution in [2.45, 2.75) is 59.4 Å². The molecule has 106 valence electrons. The summed E-state index contributed by atoms with van der Waals surface area (Å²) in [5.41, 5.74) is 0.780. The third-order valence-electron chi connectivity index (χ3n) is 3.41. The molecular formula is C15H29NO2. The van der Waals surface area contributed by atoms with Gasteiger partial charge < -0.3 is 4.74 Å². The third-order valence-corrected chi connectivity index (χ3v) is 3.41. The average Bonchev–Trinajstić information content (AvgIpc) is 2.41. The van der Waals surface area contributed by atoms with E-state index in [0.717, 1.165) is 31.5 Å². The van der Waals surface area contributed by atoms with E-state index in [4.69, 9.17) is 4.74 Å². The summed E-state index contributed by atoms with van der Waals surface area (Å²) in [4.78, 5) is 13.9. The second-order valence-corrected chi connectivity index (χ2v) is 4.68. The Morgan fingerprint density at radius 2 is 2.00 bits per heavy atom. The van der Waals surface area contributed by atoms with Crippen molar-refractivity contribution in [3.63, 3.8) is 0 Å². The van der Waals surface area contributed by atoms with E-state index in [0.29, 0.717) is 6.04 Å². The predicted molar refractivity (Wildman–Crippen MR) is 76.6 cm³/mol. The molecule has 3 heteroatoms. The molecule has 1 unspecified atom stereocenters. The molecular weight excluding hydrogens is 226 g/mol. The van der Waals surface area contributed by atoms with Crippen LogP contribution in [0.3, 0.4) is 0 Å². The highest BCUT2D eigenvalue weighted by atomic mass is 16.5. The van der Waals surface area contributed by atoms with Crippen molar-refractivity contribution >= 4 is 5.97 Å². The molecule has 0 aromatic heterocycles. The quantitative estimate of drug-likeness (QED) is 0.467. The Morgan fingerprint density at radius 1 is 1.33 bits per heavy atom. The summed E-state index contributed by atoms with van der Waals surface area (Å²) in [6.45, 7) is 10.6. The van der Waals surface area contributed by atoms with Crippen LogP contribution in [0, 0.1) is 0 Å². The van der Waals surface area contributed by atoms with E-state index in [1.165, 1.54) is 20.0 Å². The normalized spacial score (nSPS) is 13.8. The lowest BCUT2D eigenvalue weighted by Crippen LogP contribution is -2.34. The minimum Gasteiger partial charge on any atom is -0.466 e. The highest BCUT2D eigenvalue weighted by Gasteiger charge is 2.12. The van der Waals surface area contributed by atoms with E-state index in [9.17, 15) is 4.79 Å². The molecule has 0 amide bonds. The first-order valence-electron chi connectivity index (χ1n) is 7.11. The minimum atomic E-state index is -0.197. The van der Waals surface area contributed by atoms with Gasteiger partial charge in [-0.2, -0.15) is 0 Å². The molecule has 0 bridgehead atoms. The maximum atomic E-state index is 11.5. The summed E-state index contributed by atoms with van der Waals surface area (Å²) < 4.78 is 4.78. The van der Waals surface area contributed by atoms with Gasteiger partial charge >= 0.3 is 5.97 Å². The predicted octanol–water partition coefficient (Wildman–Crippen LogP) is 3.40. The molecule has 0 aromatic rings. The number of nitrogens with zero attached hydrogens (tertiary/aromatic N) is 1. The number of carbonyl (C=O) groups excluding carboxylic acids is 1. The summed E-state index contributed by atoms with van der Waals surface area (Å²) in [6.07, 6.45) is 6.30. The second-order valence-electron chi connectivity index (χ2n) is 4.68. The van der Waals surface area contributed by atoms with Crippen LogP contribution < -0.4 is 0 Å². The number of hydrogen-bond donors (Lipinski definition) is 0. The molecule has 0 N–H and O–H groups in total. The van der Waals surface area contributed by atoms with Crippen molar-refractivity contribution in [1.82, 2.24) is 4.90 Å². The lowest BCUT2D eigenvalue weighted by atomic mass is 10.1. The molecule has 0 fully saturated rings. The summed E-state index contributed by atoms with van der Waals surface area (Å²) in [5, 5.41) is 0. The molecule has 18 heavy (non-hydrogen) atoms. The Kier molecular flexibility index (Phi) is 9.66. The van der Waals surface area contributed by atoms with E-state index < -0.39 is 0 Å². The molecule has 0 rings (SSSR count). The van der Waals surface area contributed by atoms with Gasteiger partial charge in [0.25, 0.3) is 0 Å². The highest BCUT2D eigenvalue weighted by Crippen LogP contribution is 2.09. The van der Waals surface area contributed by atoms with E-state index in [2.05, 4.69) is 25.7 Å². The fourth-order valence-corrected chi connectivity index (χ4v) is 1.84. The standard InChI is InChI=1S/C15H29NO2/c1-6-9-11-16(13(4)7-2)12-10-14(8-3)15(17)18-5/h10,13H,6-9,11-12H2,1-5H3. The molecule has 0 radical (unpaired) electrons. The Balaban J connectivity index is 4.54. The zero-order valence-electron chi connectivity index (χ0n) is 12.7. The van der Waals surface area contributed by atoms with Crippen molar-refractivity contribution in [1.29, 1.82) is 0 Å². The largest absolute Gasteiger partial charge is 0.466 e. The van der Waals surface area contributed by atoms with Gasteiger partial charge in [-0.15, -0.1) is 0 Å². The number of hydrogen-bond acceptors (Lipinski definition) is 3. The van der Waals surface area contributed by atoms with Gasteiger partial charge in [0.15, 0.2) is 0 Å². The topological polar surface area (TPSA) is 29.5 Å². The van der Waals surface area contributed by atoms with Crippen LogP contribution >= 0.6 is 0 Å². The summed E-state index contributed by atoms with van der Waals surface area (Å²) in [7, 11) is 1.44. The average molecular weight is 255 g/mol. The SMILES string of the molecule is CCCCN(CC=C(CC)C(=O)OC)C(C)CC. The number of esters is 1. The Morgan fingerprint density at radius 3 is 2.44 bits per heavy atom. The maximum absolute atomic E-state index is 11.5. The lowest BCUT2D eigenvalue weighted by Gasteiger charge is -2.27. The Bertz CT molecular complexity index is 261. The molecule has 0 spiro atoms. The van der Waals surface area contributed by atoms with Crippen LogP contribution in [0.15, 0.2) is 11.6 Å². The summed E-state index contributed by atoms with van der Waals surface area (Å²) in [6, 6.07) is 0.559. The van der Waals surface area contributed by atoms with Crippen LogP contribution in [0.25, 0.3) is 0 Å². The van der Waals surface area contributed by atoms with Gasteiger partial charge in [-0.3, -0.25) is 4.90 Å². The number of unbranched alkanes of at least 4 members (excludes halogenated alkanes) is 1. The van der Waals surface area contributed by atoms with Gasteiger partial charge in [0.1, 0.15) is 0 Å². The number of carbonyl (C=O) groups is 1. The first kappa shape index (κ1) is 17.2. The third kappa shape index (κ3) is 6.20. The minimum absolute atomic E-state index is 0.197. The van der Waals surface area contributed by atoms with Crippen molar-refractivity contribution < 1.29 is 9.53 Å². The van der Waals surface area contributed by atoms with Crippen LogP contribution in [0.1, 0.15) is 53.4 Å². The first-order valence-corrected chi connectivity index (χ1v) is 7.11. The van der Waals surface area contributed by atoms with Gasteiger partial charge in [0.2, 0.25) is 0 Å². The Labute approximate surface area is 112 Å². The highest BCUT2D eigenvalue weighted by molar-refractivity contribution is 5.88. The maximum Gasteiger partial charge on any atom is 0.333 e. The van der Waals surface area contributed by atoms with Gasteiger partial charge in [-0.25, -0.2) is 4.79 Å². The monoisotopic (exact) mass is 255 g/mol. The van der Waals surface area contributed by atoms with Crippen molar-refractivity contribution in [2.24, 2.45) is 0 Å². The van der Waals surface area contributed by atoms with Crippen molar-refractivity contribution in [3.8, 4) is 0 Å². The van der Waals surface area contributed by atoms with Crippen molar-refractivity contribution in [2.75, 3.05) is 20.2 Å². The summed E-state index contributed by atoms with van der Waals surface area (Å²) in [5.74, 6) is -0.197. The van der Waals surface area contributed by atoms with Gasteiger partial charge in [-0.1, -0.05) is 33.3 Å². The summed E-state index contributed by atoms with van der Waals surface area (Å²) >= 11 is 0. The number of ether oxygens (including phenoxy) is 1. The van der Waals surface area contributed by atoms with Crippen LogP contribution in [0.2, 0.25) is 0 Å². The van der Waals surface area contributed by atoms with E-state index in [-0.39, 0.29) is 5.97 Å². The van der Waals surface area contributed by atoms with Gasteiger partial charge in [0, 0.05) is 18.2 Å². The molecule has 0 aromatic carbocycles. The van der Waals surface area contributed by atoms with Crippen molar-refractivity contribution in [3.05, 3.63) is 11.6 Å². The molecule has 0 saturated carbocycles. The zero-order chi connectivity index (χ0) is 14.0. The molecule has 0 aliphatic carbocycles. The Hall–Kier alpha value is -0.830. The lowest BCUT2D eigenvalue weighted by molar-refractivity contribution is -0.136. The molecule has 3 nitrogen and oxygen atoms in total. The van der Waals surface area contributed by atoms with Crippen LogP contribution in [0.4, 0.5) is 0 Å². The van der Waals surface area contributed by atoms with E-state index >= 15 is 0 Å². The fourth-order valence-electron chi connectivity index (χ4n) is 1.84. The van der Waals surface area contributed by atoms with Crippen LogP contribution in [-0.2, 0) is 9.53 Å².